The summed E-state index contributed by atoms with van der Waals surface area (Å²) < 4.78 is 1.65. The van der Waals surface area contributed by atoms with Gasteiger partial charge in [-0.15, -0.1) is 10.2 Å². The predicted molar refractivity (Wildman–Crippen MR) is 113 cm³/mol. The highest BCUT2D eigenvalue weighted by Gasteiger charge is 2.18. The van der Waals surface area contributed by atoms with Gasteiger partial charge in [-0.05, 0) is 25.5 Å². The second-order valence-corrected chi connectivity index (χ2v) is 7.66. The summed E-state index contributed by atoms with van der Waals surface area (Å²) in [6.07, 6.45) is 0. The summed E-state index contributed by atoms with van der Waals surface area (Å²) in [5.41, 5.74) is 8.35. The number of nitrogens with two attached hydrogens (primary N) is 1. The molecule has 3 N–H and O–H groups in total. The van der Waals surface area contributed by atoms with Crippen LogP contribution in [0.2, 0.25) is 0 Å². The normalized spacial score (nSPS) is 11.8. The van der Waals surface area contributed by atoms with Crippen molar-refractivity contribution in [1.29, 1.82) is 0 Å². The van der Waals surface area contributed by atoms with Crippen molar-refractivity contribution in [2.75, 3.05) is 5.75 Å². The zero-order chi connectivity index (χ0) is 20.8. The Morgan fingerprint density at radius 2 is 1.90 bits per heavy atom. The number of rotatable bonds is 8. The lowest BCUT2D eigenvalue weighted by molar-refractivity contribution is -0.119. The van der Waals surface area contributed by atoms with E-state index in [9.17, 15) is 9.59 Å². The number of nitrogens with one attached hydrogen (secondary N) is 1. The molecule has 150 valence electrons. The van der Waals surface area contributed by atoms with Crippen molar-refractivity contribution in [3.8, 4) is 11.4 Å². The van der Waals surface area contributed by atoms with Crippen molar-refractivity contribution in [2.24, 2.45) is 5.73 Å². The van der Waals surface area contributed by atoms with Gasteiger partial charge in [-0.3, -0.25) is 14.2 Å². The van der Waals surface area contributed by atoms with Crippen molar-refractivity contribution in [3.63, 3.8) is 0 Å². The van der Waals surface area contributed by atoms with Gasteiger partial charge in [0.05, 0.1) is 11.8 Å². The Labute approximate surface area is 173 Å². The molecule has 2 amide bonds. The Bertz CT molecular complexity index is 1000. The lowest BCUT2D eigenvalue weighted by atomic mass is 10.1. The Kier molecular flexibility index (Phi) is 6.66. The quantitative estimate of drug-likeness (QED) is 0.557. The number of nitrogens with zero attached hydrogens (tertiary/aromatic N) is 3. The lowest BCUT2D eigenvalue weighted by Crippen LogP contribution is -2.28. The lowest BCUT2D eigenvalue weighted by Gasteiger charge is -2.14. The van der Waals surface area contributed by atoms with E-state index < -0.39 is 5.91 Å². The number of primary amides is 1. The van der Waals surface area contributed by atoms with Gasteiger partial charge >= 0.3 is 0 Å². The summed E-state index contributed by atoms with van der Waals surface area (Å²) in [5, 5.41) is 11.8. The third-order valence-electron chi connectivity index (χ3n) is 4.32. The van der Waals surface area contributed by atoms with E-state index in [0.717, 1.165) is 16.7 Å². The zero-order valence-corrected chi connectivity index (χ0v) is 17.1. The van der Waals surface area contributed by atoms with Crippen LogP contribution < -0.4 is 11.1 Å². The number of amides is 2. The highest BCUT2D eigenvalue weighted by molar-refractivity contribution is 7.99. The average molecular weight is 410 g/mol. The Balaban J connectivity index is 1.72. The molecule has 29 heavy (non-hydrogen) atoms. The number of carbonyl (C=O) groups excluding carboxylic acids is 2. The van der Waals surface area contributed by atoms with Gasteiger partial charge < -0.3 is 11.1 Å². The SMILES string of the molecule is Cc1cccc(-c2nnc(SCC(=O)N[C@@H](C)c3ccccc3)n2CC(N)=O)c1. The maximum Gasteiger partial charge on any atom is 0.237 e. The maximum atomic E-state index is 12.4. The van der Waals surface area contributed by atoms with Gasteiger partial charge in [0.2, 0.25) is 11.8 Å². The Morgan fingerprint density at radius 3 is 2.59 bits per heavy atom. The highest BCUT2D eigenvalue weighted by atomic mass is 32.2. The molecule has 1 atom stereocenters. The first-order valence-corrected chi connectivity index (χ1v) is 10.2. The maximum absolute atomic E-state index is 12.4. The molecule has 3 aromatic rings. The largest absolute Gasteiger partial charge is 0.368 e. The van der Waals surface area contributed by atoms with Gasteiger partial charge in [0.15, 0.2) is 11.0 Å². The standard InChI is InChI=1S/C21H23N5O2S/c1-14-7-6-10-17(11-14)20-24-25-21(26(20)12-18(22)27)29-13-19(28)23-15(2)16-8-4-3-5-9-16/h3-11,15H,12-13H2,1-2H3,(H2,22,27)(H,23,28)/t15-/m0/s1. The molecule has 0 aliphatic carbocycles. The fourth-order valence-electron chi connectivity index (χ4n) is 2.93. The van der Waals surface area contributed by atoms with Gasteiger partial charge in [0.25, 0.3) is 0 Å². The van der Waals surface area contributed by atoms with E-state index in [4.69, 9.17) is 5.73 Å². The summed E-state index contributed by atoms with van der Waals surface area (Å²) in [7, 11) is 0. The third kappa shape index (κ3) is 5.45. The monoisotopic (exact) mass is 409 g/mol. The minimum atomic E-state index is -0.497. The van der Waals surface area contributed by atoms with E-state index in [1.54, 1.807) is 4.57 Å². The predicted octanol–water partition coefficient (Wildman–Crippen LogP) is 2.71. The smallest absolute Gasteiger partial charge is 0.237 e. The number of hydrogen-bond acceptors (Lipinski definition) is 5. The Hall–Kier alpha value is -3.13. The molecule has 0 unspecified atom stereocenters. The van der Waals surface area contributed by atoms with Crippen molar-refractivity contribution >= 4 is 23.6 Å². The minimum absolute atomic E-state index is 0.0549. The van der Waals surface area contributed by atoms with Crippen LogP contribution in [0.1, 0.15) is 24.1 Å². The second kappa shape index (κ2) is 9.38. The van der Waals surface area contributed by atoms with Crippen molar-refractivity contribution in [3.05, 3.63) is 65.7 Å². The molecule has 7 nitrogen and oxygen atoms in total. The van der Waals surface area contributed by atoms with Crippen LogP contribution in [-0.4, -0.2) is 32.3 Å². The number of benzene rings is 2. The molecule has 0 aliphatic rings. The van der Waals surface area contributed by atoms with Gasteiger partial charge in [-0.2, -0.15) is 0 Å². The molecule has 0 saturated heterocycles. The summed E-state index contributed by atoms with van der Waals surface area (Å²) in [6.45, 7) is 3.86. The summed E-state index contributed by atoms with van der Waals surface area (Å²) in [6, 6.07) is 17.4. The highest BCUT2D eigenvalue weighted by Crippen LogP contribution is 2.24. The Morgan fingerprint density at radius 1 is 1.14 bits per heavy atom. The van der Waals surface area contributed by atoms with E-state index in [2.05, 4.69) is 15.5 Å². The first-order valence-electron chi connectivity index (χ1n) is 9.19. The molecule has 8 heteroatoms. The first kappa shape index (κ1) is 20.6. The van der Waals surface area contributed by atoms with Crippen molar-refractivity contribution in [2.45, 2.75) is 31.6 Å². The fraction of sp³-hybridized carbons (Fsp3) is 0.238. The number of thioether (sulfide) groups is 1. The molecule has 0 aliphatic heterocycles. The van der Waals surface area contributed by atoms with Gasteiger partial charge in [-0.25, -0.2) is 0 Å². The molecule has 0 radical (unpaired) electrons. The number of aryl methyl sites for hydroxylation is 1. The molecule has 0 fully saturated rings. The van der Waals surface area contributed by atoms with E-state index in [-0.39, 0.29) is 24.2 Å². The molecule has 1 aromatic heterocycles. The third-order valence-corrected chi connectivity index (χ3v) is 5.28. The van der Waals surface area contributed by atoms with Crippen LogP contribution in [0.3, 0.4) is 0 Å². The van der Waals surface area contributed by atoms with Crippen LogP contribution in [0.15, 0.2) is 59.8 Å². The van der Waals surface area contributed by atoms with Crippen molar-refractivity contribution in [1.82, 2.24) is 20.1 Å². The molecule has 0 bridgehead atoms. The van der Waals surface area contributed by atoms with Crippen LogP contribution in [-0.2, 0) is 16.1 Å². The molecule has 1 heterocycles. The van der Waals surface area contributed by atoms with Crippen molar-refractivity contribution < 1.29 is 9.59 Å². The molecular weight excluding hydrogens is 386 g/mol. The molecular formula is C21H23N5O2S. The number of carbonyl (C=O) groups is 2. The van der Waals surface area contributed by atoms with E-state index in [1.807, 2.05) is 68.4 Å². The van der Waals surface area contributed by atoms with E-state index in [0.29, 0.717) is 11.0 Å². The van der Waals surface area contributed by atoms with Crippen LogP contribution in [0.25, 0.3) is 11.4 Å². The summed E-state index contributed by atoms with van der Waals surface area (Å²) in [4.78, 5) is 23.9. The fourth-order valence-corrected chi connectivity index (χ4v) is 3.68. The first-order chi connectivity index (χ1) is 13.9. The van der Waals surface area contributed by atoms with E-state index in [1.165, 1.54) is 11.8 Å². The number of aromatic nitrogens is 3. The van der Waals surface area contributed by atoms with Gasteiger partial charge in [0.1, 0.15) is 6.54 Å². The number of hydrogen-bond donors (Lipinski definition) is 2. The van der Waals surface area contributed by atoms with Gasteiger partial charge in [-0.1, -0.05) is 65.9 Å². The molecule has 0 spiro atoms. The molecule has 0 saturated carbocycles. The van der Waals surface area contributed by atoms with E-state index >= 15 is 0 Å². The summed E-state index contributed by atoms with van der Waals surface area (Å²) in [5.74, 6) is 0.0786. The van der Waals surface area contributed by atoms with Crippen LogP contribution in [0, 0.1) is 6.92 Å². The molecule has 2 aromatic carbocycles. The van der Waals surface area contributed by atoms with Crippen LogP contribution >= 0.6 is 11.8 Å². The summed E-state index contributed by atoms with van der Waals surface area (Å²) >= 11 is 1.22. The topological polar surface area (TPSA) is 103 Å². The molecule has 3 rings (SSSR count). The van der Waals surface area contributed by atoms with Gasteiger partial charge in [0, 0.05) is 5.56 Å². The van der Waals surface area contributed by atoms with Crippen LogP contribution in [0.4, 0.5) is 0 Å². The average Bonchev–Trinajstić information content (AvgIpc) is 3.09. The minimum Gasteiger partial charge on any atom is -0.368 e. The second-order valence-electron chi connectivity index (χ2n) is 6.72. The zero-order valence-electron chi connectivity index (χ0n) is 16.3. The van der Waals surface area contributed by atoms with Crippen LogP contribution in [0.5, 0.6) is 0 Å².